The number of hydrogen-bond donors (Lipinski definition) is 9. The molecular weight excluding hydrogens is 988 g/mol. The number of primary amides is 1. The Kier molecular flexibility index (Phi) is 22.9. The Morgan fingerprint density at radius 1 is 0.974 bits per heavy atom. The van der Waals surface area contributed by atoms with Gasteiger partial charge in [0.2, 0.25) is 17.2 Å². The number of carbonyl (C=O) groups is 5. The second-order valence-corrected chi connectivity index (χ2v) is 19.8. The summed E-state index contributed by atoms with van der Waals surface area (Å²) >= 11 is 0. The number of urea groups is 1. The molecule has 1 aromatic heterocycles. The van der Waals surface area contributed by atoms with Gasteiger partial charge in [-0.2, -0.15) is 5.11 Å². The van der Waals surface area contributed by atoms with Crippen LogP contribution in [0.15, 0.2) is 70.5 Å². The van der Waals surface area contributed by atoms with Crippen molar-refractivity contribution in [2.24, 2.45) is 27.9 Å². The van der Waals surface area contributed by atoms with Crippen LogP contribution in [0.25, 0.3) is 10.9 Å². The number of aliphatic hydroxyl groups is 3. The Hall–Kier alpha value is -6.73. The molecule has 5 amide bonds. The molecule has 2 saturated heterocycles. The van der Waals surface area contributed by atoms with E-state index < -0.39 is 71.6 Å². The van der Waals surface area contributed by atoms with E-state index in [2.05, 4.69) is 38.2 Å². The third-order valence-corrected chi connectivity index (χ3v) is 13.7. The number of anilines is 2. The lowest BCUT2D eigenvalue weighted by Gasteiger charge is -2.35. The number of ether oxygens (including phenoxy) is 1. The Morgan fingerprint density at radius 3 is 2.29 bits per heavy atom. The van der Waals surface area contributed by atoms with Gasteiger partial charge >= 0.3 is 18.1 Å². The third kappa shape index (κ3) is 16.9. The number of aromatic nitrogens is 1. The van der Waals surface area contributed by atoms with Crippen LogP contribution in [-0.4, -0.2) is 152 Å². The van der Waals surface area contributed by atoms with Gasteiger partial charge < -0.3 is 60.8 Å². The number of aliphatic hydroxyl groups excluding tert-OH is 3. The Balaban J connectivity index is 1.12. The molecule has 6 atom stereocenters. The number of aromatic carboxylic acids is 1. The molecule has 2 aliphatic rings. The average Bonchev–Trinajstić information content (AvgIpc) is 3.71. The fraction of sp³-hybridized carbons (Fsp3) is 0.577. The summed E-state index contributed by atoms with van der Waals surface area (Å²) in [6, 6.07) is 6.74. The first kappa shape index (κ1) is 60.1. The summed E-state index contributed by atoms with van der Waals surface area (Å²) < 4.78 is 22.6. The van der Waals surface area contributed by atoms with Crippen LogP contribution in [0.1, 0.15) is 102 Å². The number of carbonyl (C=O) groups excluding carboxylic acids is 4. The molecule has 2 aliphatic heterocycles. The summed E-state index contributed by atoms with van der Waals surface area (Å²) in [4.78, 5) is 79.6. The van der Waals surface area contributed by atoms with Crippen LogP contribution in [0, 0.1) is 17.7 Å². The summed E-state index contributed by atoms with van der Waals surface area (Å²) in [5.74, 6) is -2.67. The van der Waals surface area contributed by atoms with E-state index in [-0.39, 0.29) is 87.2 Å². The molecule has 0 aliphatic carbocycles. The van der Waals surface area contributed by atoms with Crippen molar-refractivity contribution in [1.29, 1.82) is 0 Å². The van der Waals surface area contributed by atoms with E-state index in [4.69, 9.17) is 10.5 Å². The first-order valence-electron chi connectivity index (χ1n) is 26.1. The van der Waals surface area contributed by atoms with E-state index in [9.17, 15) is 49.2 Å². The quantitative estimate of drug-likeness (QED) is 0.0203. The van der Waals surface area contributed by atoms with E-state index in [0.717, 1.165) is 12.5 Å². The molecule has 3 aromatic rings. The zero-order valence-corrected chi connectivity index (χ0v) is 44.2. The van der Waals surface area contributed by atoms with Gasteiger partial charge in [-0.3, -0.25) is 25.0 Å². The van der Waals surface area contributed by atoms with Gasteiger partial charge in [0.1, 0.15) is 42.7 Å². The molecule has 0 unspecified atom stereocenters. The first-order valence-corrected chi connectivity index (χ1v) is 26.1. The fourth-order valence-corrected chi connectivity index (χ4v) is 9.17. The molecule has 10 N–H and O–H groups in total. The number of likely N-dealkylation sites (tertiary alicyclic amines) is 1. The number of nitrogens with one attached hydrogen (secondary N) is 4. The van der Waals surface area contributed by atoms with E-state index in [1.807, 2.05) is 27.7 Å². The minimum absolute atomic E-state index is 0.0227. The molecular formula is C52H77FN12O11. The molecule has 5 rings (SSSR count). The molecule has 418 valence electrons. The Bertz CT molecular complexity index is 2540. The molecule has 0 saturated carbocycles. The third-order valence-electron chi connectivity index (χ3n) is 13.7. The number of benzene rings is 2. The first-order chi connectivity index (χ1) is 36.2. The van der Waals surface area contributed by atoms with Gasteiger partial charge in [0.25, 0.3) is 0 Å². The van der Waals surface area contributed by atoms with Gasteiger partial charge in [0.05, 0.1) is 23.8 Å². The molecule has 3 heterocycles. The predicted molar refractivity (Wildman–Crippen MR) is 283 cm³/mol. The van der Waals surface area contributed by atoms with E-state index in [1.165, 1.54) is 33.3 Å². The summed E-state index contributed by atoms with van der Waals surface area (Å²) in [7, 11) is 0. The Morgan fingerprint density at radius 2 is 1.68 bits per heavy atom. The minimum atomic E-state index is -1.39. The number of rotatable bonds is 29. The number of carboxylic acids is 1. The van der Waals surface area contributed by atoms with Crippen molar-refractivity contribution < 1.29 is 53.5 Å². The highest BCUT2D eigenvalue weighted by Gasteiger charge is 2.31. The standard InChI is InChI=1S/C52H77FN12O11/c1-7-61-30-37(50(72)73)47(69)36-27-38(53)42(28-41(36)61)62-23-25-63(26-24-62)52(75)76-31-34-15-17-35(18-16-34)57-48(70)40(13-12-21-55-51(54)74)65(8-2)60-56-29-39(32(3)4)58-49(71)46(33(5)6)59-43(66)14-10-9-11-22-64-44(67)19-20-45(64)68/h8,15-18,27-28,30,32-33,39-40,43-44,46,49,58-59,66-67,71H,2,7,9-14,19-26,29,31H2,1,3-6H3,(H,57,70)(H,72,73)(H3,54,55,74)/t39-,40+,43+,44-,46+,49-/m1/s1. The summed E-state index contributed by atoms with van der Waals surface area (Å²) in [5, 5.41) is 63.5. The fourth-order valence-electron chi connectivity index (χ4n) is 9.17. The summed E-state index contributed by atoms with van der Waals surface area (Å²) in [6.07, 6.45) is 3.30. The van der Waals surface area contributed by atoms with E-state index in [1.54, 1.807) is 40.7 Å². The van der Waals surface area contributed by atoms with Crippen molar-refractivity contribution in [2.75, 3.05) is 56.0 Å². The second kappa shape index (κ2) is 29.0. The highest BCUT2D eigenvalue weighted by Crippen LogP contribution is 2.27. The number of nitrogens with zero attached hydrogens (tertiary/aromatic N) is 7. The number of hydrogen-bond acceptors (Lipinski definition) is 15. The molecule has 2 aromatic carbocycles. The lowest BCUT2D eigenvalue weighted by atomic mass is 9.99. The zero-order valence-electron chi connectivity index (χ0n) is 44.2. The van der Waals surface area contributed by atoms with Crippen LogP contribution in [0.5, 0.6) is 0 Å². The molecule has 0 spiro atoms. The highest BCUT2D eigenvalue weighted by atomic mass is 19.1. The van der Waals surface area contributed by atoms with Crippen molar-refractivity contribution in [1.82, 2.24) is 35.3 Å². The van der Waals surface area contributed by atoms with Crippen molar-refractivity contribution in [3.63, 3.8) is 0 Å². The van der Waals surface area contributed by atoms with Crippen molar-refractivity contribution in [2.45, 2.75) is 136 Å². The minimum Gasteiger partial charge on any atom is -0.477 e. The number of pyridine rings is 1. The van der Waals surface area contributed by atoms with Crippen molar-refractivity contribution in [3.05, 3.63) is 82.5 Å². The SMILES string of the molecule is C=CN(N=NC[C@@H](N[C@H](O)[C@@H](N[C@@H](O)CCCCCN1C(=O)CC[C@H]1O)C(C)C)C(C)C)[C@@H](CCCNC(N)=O)C(=O)Nc1ccc(COC(=O)N2CCN(c3cc4c(cc3F)c(=O)c(C(=O)O)cn4CC)CC2)cc1. The number of piperazine rings is 1. The maximum absolute atomic E-state index is 15.4. The number of unbranched alkanes of at least 4 members (excludes halogenated alkanes) is 2. The molecule has 23 nitrogen and oxygen atoms in total. The van der Waals surface area contributed by atoms with Crippen LogP contribution in [-0.2, 0) is 27.5 Å². The average molecular weight is 1070 g/mol. The van der Waals surface area contributed by atoms with Gasteiger partial charge in [-0.25, -0.2) is 23.8 Å². The predicted octanol–water partition coefficient (Wildman–Crippen LogP) is 4.25. The highest BCUT2D eigenvalue weighted by molar-refractivity contribution is 5.95. The molecule has 0 radical (unpaired) electrons. The number of nitrogens with two attached hydrogens (primary N) is 1. The maximum Gasteiger partial charge on any atom is 0.410 e. The lowest BCUT2D eigenvalue weighted by molar-refractivity contribution is -0.133. The molecule has 2 fully saturated rings. The number of aryl methyl sites for hydroxylation is 1. The smallest absolute Gasteiger partial charge is 0.410 e. The molecule has 24 heteroatoms. The second-order valence-electron chi connectivity index (χ2n) is 19.8. The maximum atomic E-state index is 15.4. The van der Waals surface area contributed by atoms with Gasteiger partial charge in [0, 0.05) is 88.2 Å². The van der Waals surface area contributed by atoms with E-state index >= 15 is 4.39 Å². The van der Waals surface area contributed by atoms with Crippen LogP contribution in [0.4, 0.5) is 25.4 Å². The van der Waals surface area contributed by atoms with E-state index in [0.29, 0.717) is 68.4 Å². The number of carboxylic acid groups (broad SMARTS) is 1. The van der Waals surface area contributed by atoms with Crippen LogP contribution in [0.3, 0.4) is 0 Å². The van der Waals surface area contributed by atoms with Crippen molar-refractivity contribution in [3.8, 4) is 0 Å². The zero-order chi connectivity index (χ0) is 55.6. The van der Waals surface area contributed by atoms with Crippen LogP contribution >= 0.6 is 0 Å². The molecule has 76 heavy (non-hydrogen) atoms. The van der Waals surface area contributed by atoms with Gasteiger partial charge in [-0.15, -0.1) is 0 Å². The normalized spacial score (nSPS) is 17.0. The monoisotopic (exact) mass is 1060 g/mol. The number of amides is 5. The van der Waals surface area contributed by atoms with Gasteiger partial charge in [-0.05, 0) is 80.7 Å². The summed E-state index contributed by atoms with van der Waals surface area (Å²) in [6.45, 7) is 15.5. The summed E-state index contributed by atoms with van der Waals surface area (Å²) in [5.41, 5.74) is 5.76. The lowest BCUT2D eigenvalue weighted by Crippen LogP contribution is -2.57. The van der Waals surface area contributed by atoms with Crippen molar-refractivity contribution >= 4 is 52.2 Å². The number of halogens is 1. The Labute approximate surface area is 442 Å². The van der Waals surface area contributed by atoms with Crippen LogP contribution in [0.2, 0.25) is 0 Å². The van der Waals surface area contributed by atoms with Gasteiger partial charge in [-0.1, -0.05) is 58.1 Å². The molecule has 0 bridgehead atoms. The largest absolute Gasteiger partial charge is 0.477 e. The van der Waals surface area contributed by atoms with Crippen LogP contribution < -0.4 is 37.3 Å². The van der Waals surface area contributed by atoms with Gasteiger partial charge in [0.15, 0.2) is 0 Å². The number of fused-ring (bicyclic) bond motifs is 1. The topological polar surface area (TPSA) is 309 Å².